The smallest absolute Gasteiger partial charge is 0.234 e. The van der Waals surface area contributed by atoms with E-state index in [1.807, 2.05) is 41.1 Å². The number of sulfonamides is 1. The summed E-state index contributed by atoms with van der Waals surface area (Å²) in [5.74, 6) is 0.239. The summed E-state index contributed by atoms with van der Waals surface area (Å²) < 4.78 is 41.3. The average Bonchev–Trinajstić information content (AvgIpc) is 3.34. The Morgan fingerprint density at radius 3 is 2.72 bits per heavy atom. The molecule has 0 radical (unpaired) electrons. The highest BCUT2D eigenvalue weighted by Crippen LogP contribution is 2.26. The Bertz CT molecular complexity index is 1520. The number of nitrogens with zero attached hydrogens (tertiary/aromatic N) is 5. The van der Waals surface area contributed by atoms with Crippen LogP contribution in [0.3, 0.4) is 0 Å². The monoisotopic (exact) mass is 551 g/mol. The second kappa shape index (κ2) is 11.6. The molecule has 0 amide bonds. The molecule has 1 aliphatic rings. The van der Waals surface area contributed by atoms with Crippen molar-refractivity contribution >= 4 is 44.1 Å². The Labute approximate surface area is 228 Å². The van der Waals surface area contributed by atoms with Gasteiger partial charge in [-0.3, -0.25) is 8.70 Å². The molecule has 11 heteroatoms. The number of halogens is 1. The molecule has 4 aromatic rings. The van der Waals surface area contributed by atoms with Crippen LogP contribution in [0.25, 0.3) is 11.0 Å². The number of hydrogen-bond donors (Lipinski definition) is 2. The largest absolute Gasteiger partial charge is 0.369 e. The average molecular weight is 552 g/mol. The number of benzene rings is 2. The summed E-state index contributed by atoms with van der Waals surface area (Å²) in [4.78, 5) is 11.6. The molecule has 1 fully saturated rings. The highest BCUT2D eigenvalue weighted by atomic mass is 32.2. The van der Waals surface area contributed by atoms with Gasteiger partial charge in [-0.15, -0.1) is 0 Å². The zero-order valence-electron chi connectivity index (χ0n) is 22.2. The van der Waals surface area contributed by atoms with Crippen LogP contribution in [0, 0.1) is 0 Å². The van der Waals surface area contributed by atoms with Gasteiger partial charge >= 0.3 is 0 Å². The maximum Gasteiger partial charge on any atom is 0.234 e. The first-order valence-corrected chi connectivity index (χ1v) is 14.7. The van der Waals surface area contributed by atoms with Crippen molar-refractivity contribution in [2.75, 3.05) is 53.6 Å². The van der Waals surface area contributed by atoms with E-state index in [0.29, 0.717) is 24.2 Å². The lowest BCUT2D eigenvalue weighted by Gasteiger charge is -2.33. The Balaban J connectivity index is 1.34. The van der Waals surface area contributed by atoms with Gasteiger partial charge in [-0.2, -0.15) is 4.98 Å². The quantitative estimate of drug-likeness (QED) is 0.306. The number of anilines is 4. The molecule has 0 bridgehead atoms. The third-order valence-electron chi connectivity index (χ3n) is 6.98. The van der Waals surface area contributed by atoms with Gasteiger partial charge in [-0.25, -0.2) is 13.4 Å². The van der Waals surface area contributed by atoms with Crippen molar-refractivity contribution in [2.24, 2.45) is 0 Å². The van der Waals surface area contributed by atoms with Gasteiger partial charge in [0.25, 0.3) is 0 Å². The van der Waals surface area contributed by atoms with E-state index in [1.165, 1.54) is 17.0 Å². The van der Waals surface area contributed by atoms with Crippen molar-refractivity contribution in [3.63, 3.8) is 0 Å². The van der Waals surface area contributed by atoms with Crippen LogP contribution in [0.4, 0.5) is 27.4 Å². The first-order chi connectivity index (χ1) is 18.8. The zero-order chi connectivity index (χ0) is 27.4. The van der Waals surface area contributed by atoms with Gasteiger partial charge in [-0.1, -0.05) is 18.2 Å². The van der Waals surface area contributed by atoms with Gasteiger partial charge in [0.2, 0.25) is 16.0 Å². The molecule has 3 heterocycles. The highest BCUT2D eigenvalue weighted by Gasteiger charge is 2.21. The number of hydrogen-bond acceptors (Lipinski definition) is 7. The molecular weight excluding hydrogens is 517 g/mol. The lowest BCUT2D eigenvalue weighted by Crippen LogP contribution is -2.49. The van der Waals surface area contributed by atoms with Crippen LogP contribution in [-0.4, -0.2) is 68.1 Å². The van der Waals surface area contributed by atoms with Crippen LogP contribution in [-0.2, 0) is 16.6 Å². The number of rotatable bonds is 10. The van der Waals surface area contributed by atoms with E-state index in [4.69, 9.17) is 4.98 Å². The minimum atomic E-state index is -3.63. The van der Waals surface area contributed by atoms with Crippen LogP contribution >= 0.6 is 0 Å². The topological polar surface area (TPSA) is 95.4 Å². The summed E-state index contributed by atoms with van der Waals surface area (Å²) in [6.45, 7) is 4.88. The maximum absolute atomic E-state index is 12.7. The van der Waals surface area contributed by atoms with Crippen molar-refractivity contribution in [1.29, 1.82) is 0 Å². The summed E-state index contributed by atoms with van der Waals surface area (Å²) in [5, 5.41) is 7.65. The van der Waals surface area contributed by atoms with Crippen LogP contribution in [0.15, 0.2) is 67.0 Å². The van der Waals surface area contributed by atoms with E-state index in [2.05, 4.69) is 39.6 Å². The number of aromatic nitrogens is 3. The Kier molecular flexibility index (Phi) is 7.99. The summed E-state index contributed by atoms with van der Waals surface area (Å²) >= 11 is 0. The zero-order valence-corrected chi connectivity index (χ0v) is 23.0. The summed E-state index contributed by atoms with van der Waals surface area (Å²) in [6, 6.07) is 18.0. The number of nitrogens with one attached hydrogen (secondary N) is 2. The predicted octanol–water partition coefficient (Wildman–Crippen LogP) is 4.15. The molecule has 39 heavy (non-hydrogen) atoms. The fraction of sp³-hybridized carbons (Fsp3) is 0.357. The second-order valence-electron chi connectivity index (χ2n) is 9.84. The summed E-state index contributed by atoms with van der Waals surface area (Å²) in [7, 11) is -2.12. The Morgan fingerprint density at radius 2 is 1.95 bits per heavy atom. The normalized spacial score (nSPS) is 16.0. The number of alkyl halides is 1. The molecule has 5 rings (SSSR count). The molecule has 0 saturated carbocycles. The van der Waals surface area contributed by atoms with E-state index in [1.54, 1.807) is 18.3 Å². The number of piperazine rings is 1. The fourth-order valence-corrected chi connectivity index (χ4v) is 6.09. The highest BCUT2D eigenvalue weighted by molar-refractivity contribution is 7.92. The Hall–Kier alpha value is -3.70. The minimum Gasteiger partial charge on any atom is -0.369 e. The first kappa shape index (κ1) is 26.9. The molecule has 1 unspecified atom stereocenters. The molecule has 1 aliphatic heterocycles. The van der Waals surface area contributed by atoms with Gasteiger partial charge in [0.05, 0.1) is 24.7 Å². The van der Waals surface area contributed by atoms with Crippen LogP contribution in [0.1, 0.15) is 18.9 Å². The van der Waals surface area contributed by atoms with Crippen LogP contribution < -0.4 is 19.8 Å². The fourth-order valence-electron chi connectivity index (χ4n) is 4.87. The van der Waals surface area contributed by atoms with Crippen molar-refractivity contribution in [2.45, 2.75) is 25.9 Å². The van der Waals surface area contributed by atoms with Gasteiger partial charge in [0.1, 0.15) is 5.65 Å². The van der Waals surface area contributed by atoms with E-state index in [-0.39, 0.29) is 12.2 Å². The third kappa shape index (κ3) is 6.15. The third-order valence-corrected chi connectivity index (χ3v) is 8.82. The minimum absolute atomic E-state index is 0.0263. The van der Waals surface area contributed by atoms with E-state index in [9.17, 15) is 12.8 Å². The van der Waals surface area contributed by atoms with Crippen molar-refractivity contribution in [3.05, 3.63) is 72.6 Å². The lowest BCUT2D eigenvalue weighted by atomic mass is 10.2. The molecular formula is C28H34FN7O2S. The second-order valence-corrected chi connectivity index (χ2v) is 12.0. The molecule has 2 aromatic carbocycles. The summed E-state index contributed by atoms with van der Waals surface area (Å²) in [5.41, 5.74) is 4.19. The number of fused-ring (bicyclic) bond motifs is 1. The Morgan fingerprint density at radius 1 is 1.15 bits per heavy atom. The predicted molar refractivity (Wildman–Crippen MR) is 155 cm³/mol. The molecule has 2 N–H and O–H groups in total. The van der Waals surface area contributed by atoms with Crippen LogP contribution in [0.5, 0.6) is 0 Å². The SMILES string of the molecule is CC1CN(c2ccc(Nc3ncc4ccn(Cc5ccccc5N(C)S(=O)(=O)CCCF)c4n3)cc2)CCN1. The molecule has 1 atom stereocenters. The molecule has 206 valence electrons. The van der Waals surface area contributed by atoms with Crippen molar-refractivity contribution < 1.29 is 12.8 Å². The molecule has 0 aliphatic carbocycles. The van der Waals surface area contributed by atoms with Gasteiger partial charge in [0.15, 0.2) is 0 Å². The summed E-state index contributed by atoms with van der Waals surface area (Å²) in [6.07, 6.45) is 3.67. The van der Waals surface area contributed by atoms with E-state index in [0.717, 1.165) is 41.9 Å². The van der Waals surface area contributed by atoms with E-state index < -0.39 is 16.7 Å². The standard InChI is InChI=1S/C28H34FN7O2S/c1-21-19-35(16-14-30-21)25-10-8-24(9-11-25)32-28-31-18-22-12-15-36(27(22)33-28)20-23-6-3-4-7-26(23)34(2)39(37,38)17-5-13-29/h3-4,6-12,15,18,21,30H,5,13-14,16-17,19-20H2,1-2H3,(H,31,32,33). The van der Waals surface area contributed by atoms with Gasteiger partial charge < -0.3 is 20.1 Å². The lowest BCUT2D eigenvalue weighted by molar-refractivity contribution is 0.484. The molecule has 1 saturated heterocycles. The van der Waals surface area contributed by atoms with Crippen LogP contribution in [0.2, 0.25) is 0 Å². The van der Waals surface area contributed by atoms with E-state index >= 15 is 0 Å². The first-order valence-electron chi connectivity index (χ1n) is 13.1. The van der Waals surface area contributed by atoms with Crippen molar-refractivity contribution in [1.82, 2.24) is 19.9 Å². The van der Waals surface area contributed by atoms with Gasteiger partial charge in [-0.05, 0) is 55.3 Å². The van der Waals surface area contributed by atoms with Crippen molar-refractivity contribution in [3.8, 4) is 0 Å². The number of para-hydroxylation sites is 1. The van der Waals surface area contributed by atoms with Gasteiger partial charge in [0, 0.05) is 61.9 Å². The molecule has 2 aromatic heterocycles. The molecule has 9 nitrogen and oxygen atoms in total. The molecule has 0 spiro atoms. The maximum atomic E-state index is 12.7.